The Hall–Kier alpha value is -2.58. The third-order valence-corrected chi connectivity index (χ3v) is 8.71. The molecule has 0 radical (unpaired) electrons. The molecule has 1 aliphatic heterocycles. The highest BCUT2D eigenvalue weighted by atomic mass is 32.2. The number of carbonyl (C=O) groups is 5. The Morgan fingerprint density at radius 1 is 0.796 bits per heavy atom. The predicted octanol–water partition coefficient (Wildman–Crippen LogP) is 3.08. The van der Waals surface area contributed by atoms with Crippen LogP contribution in [-0.4, -0.2) is 114 Å². The van der Waals surface area contributed by atoms with Gasteiger partial charge in [-0.15, -0.1) is 0 Å². The molecule has 0 spiro atoms. The van der Waals surface area contributed by atoms with Gasteiger partial charge < -0.3 is 40.7 Å². The Balaban J connectivity index is 3.04. The van der Waals surface area contributed by atoms with Gasteiger partial charge in [0.1, 0.15) is 23.7 Å². The van der Waals surface area contributed by atoms with Crippen molar-refractivity contribution in [1.82, 2.24) is 26.2 Å². The third-order valence-electron chi connectivity index (χ3n) is 8.07. The second-order valence-electron chi connectivity index (χ2n) is 15.3. The fourth-order valence-corrected chi connectivity index (χ4v) is 5.95. The van der Waals surface area contributed by atoms with E-state index >= 15 is 0 Å². The van der Waals surface area contributed by atoms with E-state index in [0.717, 1.165) is 0 Å². The van der Waals surface area contributed by atoms with E-state index in [-0.39, 0.29) is 36.0 Å². The molecule has 0 aliphatic carbocycles. The maximum Gasteiger partial charge on any atom is 0.408 e. The minimum absolute atomic E-state index is 0.0563. The molecule has 0 saturated carbocycles. The van der Waals surface area contributed by atoms with Crippen molar-refractivity contribution in [2.45, 2.75) is 131 Å². The van der Waals surface area contributed by atoms with E-state index in [9.17, 15) is 29.1 Å². The lowest BCUT2D eigenvalue weighted by Gasteiger charge is -2.32. The number of alkyl carbamates (subject to hydrolysis) is 1. The van der Waals surface area contributed by atoms with E-state index in [1.165, 1.54) is 11.8 Å². The average molecular weight is 716 g/mol. The molecule has 0 aromatic carbocycles. The lowest BCUT2D eigenvalue weighted by molar-refractivity contribution is -0.141. The van der Waals surface area contributed by atoms with Gasteiger partial charge in [0.05, 0.1) is 25.4 Å². The zero-order valence-electron chi connectivity index (χ0n) is 31.7. The molecule has 5 amide bonds. The van der Waals surface area contributed by atoms with Gasteiger partial charge in [0.2, 0.25) is 23.6 Å². The highest BCUT2D eigenvalue weighted by Crippen LogP contribution is 2.18. The van der Waals surface area contributed by atoms with Crippen LogP contribution < -0.4 is 21.3 Å². The van der Waals surface area contributed by atoms with Gasteiger partial charge in [-0.3, -0.25) is 19.2 Å². The van der Waals surface area contributed by atoms with E-state index in [1.807, 2.05) is 34.0 Å². The number of nitrogens with zero attached hydrogens (tertiary/aromatic N) is 1. The van der Waals surface area contributed by atoms with Crippen molar-refractivity contribution in [3.8, 4) is 0 Å². The summed E-state index contributed by atoms with van der Waals surface area (Å²) in [5.74, 6) is -1.53. The average Bonchev–Trinajstić information content (AvgIpc) is 2.99. The van der Waals surface area contributed by atoms with Gasteiger partial charge in [-0.2, -0.15) is 11.8 Å². The molecule has 14 heteroatoms. The van der Waals surface area contributed by atoms with Crippen molar-refractivity contribution in [3.05, 3.63) is 0 Å². The molecule has 1 saturated heterocycles. The molecule has 13 nitrogen and oxygen atoms in total. The highest BCUT2D eigenvalue weighted by Gasteiger charge is 2.34. The summed E-state index contributed by atoms with van der Waals surface area (Å²) in [6, 6.07) is -3.24. The molecule has 1 unspecified atom stereocenters. The van der Waals surface area contributed by atoms with E-state index in [2.05, 4.69) is 21.3 Å². The van der Waals surface area contributed by atoms with Gasteiger partial charge in [0.25, 0.3) is 0 Å². The smallest absolute Gasteiger partial charge is 0.408 e. The van der Waals surface area contributed by atoms with Crippen LogP contribution in [0.15, 0.2) is 0 Å². The number of rotatable bonds is 19. The molecule has 0 bridgehead atoms. The van der Waals surface area contributed by atoms with Crippen molar-refractivity contribution < 1.29 is 38.6 Å². The van der Waals surface area contributed by atoms with E-state index < -0.39 is 59.7 Å². The molecular formula is C35H65N5O8S. The minimum atomic E-state index is -1.07. The van der Waals surface area contributed by atoms with Crippen LogP contribution >= 0.6 is 11.8 Å². The number of carbonyl (C=O) groups excluding carboxylic acids is 5. The van der Waals surface area contributed by atoms with Crippen LogP contribution in [0.1, 0.15) is 94.9 Å². The molecule has 6 atom stereocenters. The first-order valence-corrected chi connectivity index (χ1v) is 19.1. The lowest BCUT2D eigenvalue weighted by Crippen LogP contribution is -2.58. The van der Waals surface area contributed by atoms with Gasteiger partial charge in [0, 0.05) is 19.0 Å². The fourth-order valence-electron chi connectivity index (χ4n) is 5.48. The summed E-state index contributed by atoms with van der Waals surface area (Å²) in [5.41, 5.74) is -0.747. The largest absolute Gasteiger partial charge is 0.444 e. The first-order chi connectivity index (χ1) is 22.7. The second kappa shape index (κ2) is 21.6. The molecular weight excluding hydrogens is 650 g/mol. The minimum Gasteiger partial charge on any atom is -0.444 e. The third kappa shape index (κ3) is 17.3. The quantitative estimate of drug-likeness (QED) is 0.135. The first-order valence-electron chi connectivity index (χ1n) is 17.7. The Morgan fingerprint density at radius 3 is 1.88 bits per heavy atom. The maximum absolute atomic E-state index is 13.7. The predicted molar refractivity (Wildman–Crippen MR) is 193 cm³/mol. The summed E-state index contributed by atoms with van der Waals surface area (Å²) in [6.45, 7) is 20.3. The Morgan fingerprint density at radius 2 is 1.37 bits per heavy atom. The van der Waals surface area contributed by atoms with Crippen LogP contribution in [0.2, 0.25) is 0 Å². The van der Waals surface area contributed by atoms with Crippen LogP contribution in [0.3, 0.4) is 0 Å². The molecule has 49 heavy (non-hydrogen) atoms. The lowest BCUT2D eigenvalue weighted by atomic mass is 9.91. The van der Waals surface area contributed by atoms with Gasteiger partial charge in [-0.05, 0) is 76.2 Å². The molecule has 1 aliphatic rings. The number of ether oxygens (including phenoxy) is 2. The zero-order valence-corrected chi connectivity index (χ0v) is 32.5. The molecule has 1 heterocycles. The number of hydrogen-bond acceptors (Lipinski definition) is 9. The topological polar surface area (TPSA) is 175 Å². The molecule has 1 rings (SSSR count). The summed E-state index contributed by atoms with van der Waals surface area (Å²) >= 11 is 1.52. The van der Waals surface area contributed by atoms with Crippen LogP contribution in [0.5, 0.6) is 0 Å². The second-order valence-corrected chi connectivity index (χ2v) is 16.3. The van der Waals surface area contributed by atoms with Crippen LogP contribution in [-0.2, 0) is 28.7 Å². The number of thioether (sulfide) groups is 1. The van der Waals surface area contributed by atoms with Crippen molar-refractivity contribution >= 4 is 41.5 Å². The summed E-state index contributed by atoms with van der Waals surface area (Å²) in [4.78, 5) is 67.9. The number of aliphatic hydroxyl groups is 1. The summed E-state index contributed by atoms with van der Waals surface area (Å²) in [5, 5.41) is 22.7. The van der Waals surface area contributed by atoms with E-state index in [1.54, 1.807) is 46.4 Å². The fraction of sp³-hybridized carbons (Fsp3) is 0.857. The van der Waals surface area contributed by atoms with E-state index in [4.69, 9.17) is 9.47 Å². The van der Waals surface area contributed by atoms with Gasteiger partial charge in [-0.1, -0.05) is 48.5 Å². The van der Waals surface area contributed by atoms with E-state index in [0.29, 0.717) is 51.3 Å². The van der Waals surface area contributed by atoms with Crippen molar-refractivity contribution in [2.75, 3.05) is 38.3 Å². The number of aliphatic hydroxyl groups excluding tert-OH is 1. The Labute approximate surface area is 298 Å². The number of amides is 5. The molecule has 284 valence electrons. The van der Waals surface area contributed by atoms with Crippen LogP contribution in [0.4, 0.5) is 4.79 Å². The molecule has 0 aromatic heterocycles. The Kier molecular flexibility index (Phi) is 19.6. The van der Waals surface area contributed by atoms with Crippen LogP contribution in [0, 0.1) is 23.7 Å². The SMILES string of the molecule is CSCC[C@H](NC(=O)[C@@H](NC(=O)OC(C)(C)C)C(C)C)C(=O)N[C@@H](CC(C)C)[C@@H](O)CC(C)C(=O)N[C@@H](CC(C)C)C(=O)N1CCOCC1. The molecule has 5 N–H and O–H groups in total. The van der Waals surface area contributed by atoms with Gasteiger partial charge in [-0.25, -0.2) is 4.79 Å². The monoisotopic (exact) mass is 715 g/mol. The molecule has 0 aromatic rings. The first kappa shape index (κ1) is 44.4. The number of hydrogen-bond donors (Lipinski definition) is 5. The molecule has 1 fully saturated rings. The summed E-state index contributed by atoms with van der Waals surface area (Å²) in [6.07, 6.45) is 1.40. The van der Waals surface area contributed by atoms with Crippen LogP contribution in [0.25, 0.3) is 0 Å². The van der Waals surface area contributed by atoms with Crippen molar-refractivity contribution in [1.29, 1.82) is 0 Å². The standard InChI is InChI=1S/C35H65N5O8S/c1-21(2)18-26(28(41)20-24(7)30(42)38-27(19-22(3)4)33(45)40-13-15-47-16-14-40)37-31(43)25(12-17-49-11)36-32(44)29(23(5)6)39-34(46)48-35(8,9)10/h21-29,41H,12-20H2,1-11H3,(H,36,44)(H,37,43)(H,38,42)(H,39,46)/t24?,25-,26-,27-,28-,29-/m0/s1. The van der Waals surface area contributed by atoms with Gasteiger partial charge in [0.15, 0.2) is 0 Å². The summed E-state index contributed by atoms with van der Waals surface area (Å²) in [7, 11) is 0. The highest BCUT2D eigenvalue weighted by molar-refractivity contribution is 7.98. The summed E-state index contributed by atoms with van der Waals surface area (Å²) < 4.78 is 10.7. The van der Waals surface area contributed by atoms with Crippen molar-refractivity contribution in [3.63, 3.8) is 0 Å². The van der Waals surface area contributed by atoms with Gasteiger partial charge >= 0.3 is 6.09 Å². The zero-order chi connectivity index (χ0) is 37.5. The number of nitrogens with one attached hydrogen (secondary N) is 4. The van der Waals surface area contributed by atoms with Crippen molar-refractivity contribution in [2.24, 2.45) is 23.7 Å². The maximum atomic E-state index is 13.7. The number of morpholine rings is 1. The Bertz CT molecular complexity index is 1060. The normalized spacial score (nSPS) is 17.5.